The summed E-state index contributed by atoms with van der Waals surface area (Å²) in [6.07, 6.45) is 1.01. The number of aliphatic hydroxyl groups is 1. The highest BCUT2D eigenvalue weighted by molar-refractivity contribution is 6.31. The van der Waals surface area contributed by atoms with Crippen LogP contribution in [-0.4, -0.2) is 35.0 Å². The zero-order chi connectivity index (χ0) is 13.2. The maximum Gasteiger partial charge on any atom is 0.172 e. The SMILES string of the molecule is CN(C)c1nc(N)c(/C(O)=C/C(=N)N)nc1Cl. The van der Waals surface area contributed by atoms with E-state index in [9.17, 15) is 5.11 Å². The highest BCUT2D eigenvalue weighted by Gasteiger charge is 2.14. The van der Waals surface area contributed by atoms with Gasteiger partial charge in [0.25, 0.3) is 0 Å². The van der Waals surface area contributed by atoms with Gasteiger partial charge >= 0.3 is 0 Å². The van der Waals surface area contributed by atoms with E-state index in [1.54, 1.807) is 19.0 Å². The lowest BCUT2D eigenvalue weighted by atomic mass is 10.3. The van der Waals surface area contributed by atoms with E-state index < -0.39 is 0 Å². The predicted octanol–water partition coefficient (Wildman–Crippen LogP) is 0.613. The van der Waals surface area contributed by atoms with Crippen LogP contribution in [0.15, 0.2) is 6.08 Å². The van der Waals surface area contributed by atoms with Crippen LogP contribution < -0.4 is 16.4 Å². The number of anilines is 2. The fraction of sp³-hybridized carbons (Fsp3) is 0.222. The largest absolute Gasteiger partial charge is 0.505 e. The standard InChI is InChI=1S/C9H13ClN6O/c1-16(2)9-7(10)14-6(8(13)15-9)4(17)3-5(11)12/h3,17H,1-2H3,(H3,11,12)(H2,13,15)/b4-3-. The van der Waals surface area contributed by atoms with Crippen LogP contribution in [0.2, 0.25) is 5.15 Å². The van der Waals surface area contributed by atoms with Gasteiger partial charge < -0.3 is 21.5 Å². The summed E-state index contributed by atoms with van der Waals surface area (Å²) in [6, 6.07) is 0. The van der Waals surface area contributed by atoms with Gasteiger partial charge in [0.2, 0.25) is 0 Å². The number of amidine groups is 1. The number of nitrogen functional groups attached to an aromatic ring is 1. The van der Waals surface area contributed by atoms with Crippen molar-refractivity contribution < 1.29 is 5.11 Å². The normalized spacial score (nSPS) is 11.4. The fourth-order valence-electron chi connectivity index (χ4n) is 1.11. The Balaban J connectivity index is 3.30. The molecule has 0 aliphatic heterocycles. The Morgan fingerprint density at radius 1 is 1.47 bits per heavy atom. The summed E-state index contributed by atoms with van der Waals surface area (Å²) in [5.41, 5.74) is 10.7. The molecule has 0 saturated carbocycles. The first kappa shape index (κ1) is 13.0. The minimum atomic E-state index is -0.352. The second kappa shape index (κ2) is 4.88. The first-order chi connectivity index (χ1) is 7.82. The van der Waals surface area contributed by atoms with Gasteiger partial charge in [-0.25, -0.2) is 9.97 Å². The quantitative estimate of drug-likeness (QED) is 0.357. The average molecular weight is 257 g/mol. The molecule has 6 N–H and O–H groups in total. The number of hydrogen-bond acceptors (Lipinski definition) is 6. The van der Waals surface area contributed by atoms with Crippen molar-refractivity contribution in [2.45, 2.75) is 0 Å². The van der Waals surface area contributed by atoms with Gasteiger partial charge in [-0.1, -0.05) is 11.6 Å². The lowest BCUT2D eigenvalue weighted by Crippen LogP contribution is -2.15. The topological polar surface area (TPSA) is 125 Å². The summed E-state index contributed by atoms with van der Waals surface area (Å²) in [5.74, 6) is -0.275. The number of aromatic nitrogens is 2. The molecule has 0 aromatic carbocycles. The molecule has 92 valence electrons. The molecule has 0 aliphatic rings. The molecular formula is C9H13ClN6O. The molecule has 1 heterocycles. The van der Waals surface area contributed by atoms with Crippen molar-refractivity contribution in [2.24, 2.45) is 5.73 Å². The van der Waals surface area contributed by atoms with Crippen LogP contribution in [0.5, 0.6) is 0 Å². The van der Waals surface area contributed by atoms with E-state index in [4.69, 9.17) is 28.5 Å². The summed E-state index contributed by atoms with van der Waals surface area (Å²) in [6.45, 7) is 0. The van der Waals surface area contributed by atoms with Gasteiger partial charge in [-0.2, -0.15) is 0 Å². The molecule has 0 radical (unpaired) electrons. The summed E-state index contributed by atoms with van der Waals surface area (Å²) in [5, 5.41) is 16.7. The molecule has 8 heteroatoms. The van der Waals surface area contributed by atoms with Crippen LogP contribution in [0.4, 0.5) is 11.6 Å². The molecule has 1 aromatic heterocycles. The molecule has 7 nitrogen and oxygen atoms in total. The Kier molecular flexibility index (Phi) is 3.74. The zero-order valence-corrected chi connectivity index (χ0v) is 10.2. The zero-order valence-electron chi connectivity index (χ0n) is 9.40. The molecule has 0 fully saturated rings. The summed E-state index contributed by atoms with van der Waals surface area (Å²) >= 11 is 5.88. The maximum atomic E-state index is 9.61. The number of aliphatic hydroxyl groups excluding tert-OH is 1. The summed E-state index contributed by atoms with van der Waals surface area (Å²) in [4.78, 5) is 9.55. The number of hydrogen-bond donors (Lipinski definition) is 4. The van der Waals surface area contributed by atoms with Gasteiger partial charge in [-0.3, -0.25) is 5.41 Å². The van der Waals surface area contributed by atoms with Gasteiger partial charge in [-0.15, -0.1) is 0 Å². The first-order valence-electron chi connectivity index (χ1n) is 4.58. The predicted molar refractivity (Wildman–Crippen MR) is 68.3 cm³/mol. The van der Waals surface area contributed by atoms with Crippen LogP contribution >= 0.6 is 11.6 Å². The van der Waals surface area contributed by atoms with Gasteiger partial charge in [0, 0.05) is 20.2 Å². The first-order valence-corrected chi connectivity index (χ1v) is 4.96. The molecule has 0 spiro atoms. The number of nitrogens with one attached hydrogen (secondary N) is 1. The van der Waals surface area contributed by atoms with Gasteiger partial charge in [0.1, 0.15) is 17.3 Å². The number of halogens is 1. The van der Waals surface area contributed by atoms with Gasteiger partial charge in [-0.05, 0) is 0 Å². The Morgan fingerprint density at radius 2 is 2.06 bits per heavy atom. The Hall–Kier alpha value is -2.02. The van der Waals surface area contributed by atoms with E-state index in [0.29, 0.717) is 5.82 Å². The van der Waals surface area contributed by atoms with Crippen molar-refractivity contribution in [3.05, 3.63) is 16.9 Å². The minimum absolute atomic E-state index is 0.00389. The van der Waals surface area contributed by atoms with E-state index in [1.165, 1.54) is 0 Å². The molecule has 0 atom stereocenters. The molecule has 1 aromatic rings. The van der Waals surface area contributed by atoms with Crippen LogP contribution in [-0.2, 0) is 0 Å². The van der Waals surface area contributed by atoms with E-state index >= 15 is 0 Å². The van der Waals surface area contributed by atoms with E-state index in [0.717, 1.165) is 6.08 Å². The molecule has 0 saturated heterocycles. The van der Waals surface area contributed by atoms with E-state index in [1.807, 2.05) is 0 Å². The lowest BCUT2D eigenvalue weighted by molar-refractivity contribution is 0.509. The van der Waals surface area contributed by atoms with E-state index in [2.05, 4.69) is 9.97 Å². The monoisotopic (exact) mass is 256 g/mol. The molecule has 1 rings (SSSR count). The number of nitrogens with zero attached hydrogens (tertiary/aromatic N) is 3. The minimum Gasteiger partial charge on any atom is -0.505 e. The maximum absolute atomic E-state index is 9.61. The van der Waals surface area contributed by atoms with Crippen molar-refractivity contribution in [3.8, 4) is 0 Å². The van der Waals surface area contributed by atoms with Crippen molar-refractivity contribution in [3.63, 3.8) is 0 Å². The Bertz CT molecular complexity index is 485. The summed E-state index contributed by atoms with van der Waals surface area (Å²) < 4.78 is 0. The highest BCUT2D eigenvalue weighted by atomic mass is 35.5. The van der Waals surface area contributed by atoms with Crippen molar-refractivity contribution >= 4 is 34.8 Å². The third-order valence-electron chi connectivity index (χ3n) is 1.82. The van der Waals surface area contributed by atoms with Gasteiger partial charge in [0.05, 0.1) is 0 Å². The van der Waals surface area contributed by atoms with Crippen LogP contribution in [0.25, 0.3) is 5.76 Å². The van der Waals surface area contributed by atoms with Crippen molar-refractivity contribution in [1.82, 2.24) is 9.97 Å². The third kappa shape index (κ3) is 2.97. The third-order valence-corrected chi connectivity index (χ3v) is 2.08. The smallest absolute Gasteiger partial charge is 0.172 e. The molecule has 17 heavy (non-hydrogen) atoms. The van der Waals surface area contributed by atoms with Crippen molar-refractivity contribution in [1.29, 1.82) is 5.41 Å². The molecule has 0 aliphatic carbocycles. The molecule has 0 amide bonds. The highest BCUT2D eigenvalue weighted by Crippen LogP contribution is 2.25. The fourth-order valence-corrected chi connectivity index (χ4v) is 1.40. The Labute approximate surface area is 103 Å². The average Bonchev–Trinajstić information content (AvgIpc) is 2.19. The van der Waals surface area contributed by atoms with Crippen LogP contribution in [0.1, 0.15) is 5.69 Å². The van der Waals surface area contributed by atoms with Crippen LogP contribution in [0, 0.1) is 5.41 Å². The van der Waals surface area contributed by atoms with E-state index in [-0.39, 0.29) is 28.3 Å². The van der Waals surface area contributed by atoms with Gasteiger partial charge in [0.15, 0.2) is 16.8 Å². The Morgan fingerprint density at radius 3 is 2.53 bits per heavy atom. The summed E-state index contributed by atoms with van der Waals surface area (Å²) in [7, 11) is 3.47. The number of rotatable bonds is 3. The van der Waals surface area contributed by atoms with Crippen LogP contribution in [0.3, 0.4) is 0 Å². The number of nitrogens with two attached hydrogens (primary N) is 2. The molecule has 0 bridgehead atoms. The van der Waals surface area contributed by atoms with Crippen molar-refractivity contribution in [2.75, 3.05) is 24.7 Å². The molecule has 0 unspecified atom stereocenters. The lowest BCUT2D eigenvalue weighted by Gasteiger charge is -2.14. The second-order valence-electron chi connectivity index (χ2n) is 3.45. The second-order valence-corrected chi connectivity index (χ2v) is 3.81. The molecular weight excluding hydrogens is 244 g/mol.